The van der Waals surface area contributed by atoms with E-state index in [-0.39, 0.29) is 5.91 Å². The van der Waals surface area contributed by atoms with E-state index in [9.17, 15) is 4.79 Å². The second kappa shape index (κ2) is 6.65. The monoisotopic (exact) mass is 363 g/mol. The number of thiophene rings is 1. The number of aryl methyl sites for hydroxylation is 1. The van der Waals surface area contributed by atoms with Crippen LogP contribution in [0.1, 0.15) is 15.9 Å². The van der Waals surface area contributed by atoms with Crippen molar-refractivity contribution in [2.45, 2.75) is 6.92 Å². The van der Waals surface area contributed by atoms with Gasteiger partial charge in [0.1, 0.15) is 22.9 Å². The van der Waals surface area contributed by atoms with Gasteiger partial charge >= 0.3 is 0 Å². The molecule has 0 saturated heterocycles. The second-order valence-electron chi connectivity index (χ2n) is 5.85. The van der Waals surface area contributed by atoms with Crippen molar-refractivity contribution in [1.29, 1.82) is 0 Å². The van der Waals surface area contributed by atoms with Crippen LogP contribution in [0.5, 0.6) is 5.75 Å². The van der Waals surface area contributed by atoms with Gasteiger partial charge in [-0.05, 0) is 54.3 Å². The van der Waals surface area contributed by atoms with Crippen LogP contribution in [0.4, 0.5) is 5.82 Å². The Kier molecular flexibility index (Phi) is 4.18. The molecule has 0 spiro atoms. The van der Waals surface area contributed by atoms with Gasteiger partial charge in [-0.1, -0.05) is 12.1 Å². The molecule has 0 aliphatic rings. The van der Waals surface area contributed by atoms with Crippen LogP contribution in [0.3, 0.4) is 0 Å². The normalized spacial score (nSPS) is 10.8. The average Bonchev–Trinajstić information content (AvgIpc) is 3.31. The average molecular weight is 363 g/mol. The highest BCUT2D eigenvalue weighted by Crippen LogP contribution is 2.33. The first-order valence-electron chi connectivity index (χ1n) is 8.14. The lowest BCUT2D eigenvalue weighted by Crippen LogP contribution is -2.14. The molecule has 130 valence electrons. The van der Waals surface area contributed by atoms with Crippen LogP contribution in [-0.4, -0.2) is 22.4 Å². The third-order valence-corrected chi connectivity index (χ3v) is 5.06. The van der Waals surface area contributed by atoms with Crippen LogP contribution < -0.4 is 10.1 Å². The highest BCUT2D eigenvalue weighted by atomic mass is 32.1. The summed E-state index contributed by atoms with van der Waals surface area (Å²) in [6.07, 6.45) is 1.91. The number of rotatable bonds is 4. The van der Waals surface area contributed by atoms with Crippen LogP contribution in [-0.2, 0) is 0 Å². The Morgan fingerprint density at radius 1 is 1.15 bits per heavy atom. The van der Waals surface area contributed by atoms with Gasteiger partial charge in [-0.2, -0.15) is 0 Å². The Morgan fingerprint density at radius 3 is 2.65 bits per heavy atom. The van der Waals surface area contributed by atoms with Gasteiger partial charge < -0.3 is 10.1 Å². The number of carbonyl (C=O) groups is 1. The number of nitrogens with one attached hydrogen (secondary N) is 1. The Bertz CT molecular complexity index is 1070. The second-order valence-corrected chi connectivity index (χ2v) is 6.80. The number of methoxy groups -OCH3 is 1. The summed E-state index contributed by atoms with van der Waals surface area (Å²) in [5.41, 5.74) is 3.22. The van der Waals surface area contributed by atoms with Crippen molar-refractivity contribution < 1.29 is 9.53 Å². The summed E-state index contributed by atoms with van der Waals surface area (Å²) in [6, 6.07) is 15.0. The van der Waals surface area contributed by atoms with Gasteiger partial charge in [0, 0.05) is 11.8 Å². The number of aromatic nitrogens is 2. The number of hydrogen-bond acceptors (Lipinski definition) is 4. The Balaban J connectivity index is 1.78. The molecule has 1 amide bonds. The molecular formula is C20H17N3O2S. The fraction of sp³-hybridized carbons (Fsp3) is 0.100. The van der Waals surface area contributed by atoms with Crippen molar-refractivity contribution in [3.8, 4) is 16.3 Å². The van der Waals surface area contributed by atoms with Gasteiger partial charge in [0.15, 0.2) is 0 Å². The fourth-order valence-electron chi connectivity index (χ4n) is 2.83. The Labute approximate surface area is 154 Å². The van der Waals surface area contributed by atoms with E-state index in [0.717, 1.165) is 21.8 Å². The van der Waals surface area contributed by atoms with Gasteiger partial charge in [-0.25, -0.2) is 4.98 Å². The largest absolute Gasteiger partial charge is 0.497 e. The van der Waals surface area contributed by atoms with Gasteiger partial charge in [-0.3, -0.25) is 9.20 Å². The molecule has 5 nitrogen and oxygen atoms in total. The molecule has 0 bridgehead atoms. The van der Waals surface area contributed by atoms with Crippen molar-refractivity contribution in [3.63, 3.8) is 0 Å². The molecule has 6 heteroatoms. The predicted octanol–water partition coefficient (Wildman–Crippen LogP) is 4.63. The molecule has 3 aromatic heterocycles. The molecule has 4 aromatic rings. The lowest BCUT2D eigenvalue weighted by molar-refractivity contribution is 0.102. The first kappa shape index (κ1) is 16.4. The molecule has 0 unspecified atom stereocenters. The molecule has 0 fully saturated rings. The molecule has 3 heterocycles. The summed E-state index contributed by atoms with van der Waals surface area (Å²) >= 11 is 1.60. The lowest BCUT2D eigenvalue weighted by Gasteiger charge is -2.08. The molecule has 0 saturated carbocycles. The molecule has 1 N–H and O–H groups in total. The minimum atomic E-state index is -0.186. The molecule has 4 rings (SSSR count). The Morgan fingerprint density at radius 2 is 1.96 bits per heavy atom. The van der Waals surface area contributed by atoms with Crippen LogP contribution in [0, 0.1) is 6.92 Å². The highest BCUT2D eigenvalue weighted by molar-refractivity contribution is 7.13. The first-order valence-corrected chi connectivity index (χ1v) is 9.02. The number of pyridine rings is 1. The molecule has 26 heavy (non-hydrogen) atoms. The number of carbonyl (C=O) groups excluding carboxylic acids is 1. The van der Waals surface area contributed by atoms with Gasteiger partial charge in [0.05, 0.1) is 12.0 Å². The van der Waals surface area contributed by atoms with E-state index in [1.54, 1.807) is 42.7 Å². The van der Waals surface area contributed by atoms with Crippen molar-refractivity contribution in [1.82, 2.24) is 9.38 Å². The van der Waals surface area contributed by atoms with Crippen LogP contribution in [0.15, 0.2) is 60.1 Å². The number of nitrogens with zero attached hydrogens (tertiary/aromatic N) is 2. The minimum Gasteiger partial charge on any atom is -0.497 e. The summed E-state index contributed by atoms with van der Waals surface area (Å²) in [6.45, 7) is 2.01. The standard InChI is InChI=1S/C20H17N3O2S/c1-13-5-3-11-23-18(13)21-17(16-6-4-12-26-16)19(23)22-20(24)14-7-9-15(25-2)10-8-14/h3-12H,1-2H3,(H,22,24). The van der Waals surface area contributed by atoms with Crippen molar-refractivity contribution in [2.75, 3.05) is 12.4 Å². The van der Waals surface area contributed by atoms with Gasteiger partial charge in [0.25, 0.3) is 5.91 Å². The summed E-state index contributed by atoms with van der Waals surface area (Å²) in [7, 11) is 1.60. The molecule has 1 aromatic carbocycles. The number of anilines is 1. The summed E-state index contributed by atoms with van der Waals surface area (Å²) < 4.78 is 7.07. The quantitative estimate of drug-likeness (QED) is 0.575. The number of benzene rings is 1. The van der Waals surface area contributed by atoms with Crippen LogP contribution in [0.2, 0.25) is 0 Å². The van der Waals surface area contributed by atoms with E-state index in [1.165, 1.54) is 0 Å². The molecule has 0 atom stereocenters. The van der Waals surface area contributed by atoms with Crippen LogP contribution >= 0.6 is 11.3 Å². The lowest BCUT2D eigenvalue weighted by atomic mass is 10.2. The Hall–Kier alpha value is -3.12. The van der Waals surface area contributed by atoms with E-state index in [0.29, 0.717) is 17.1 Å². The third kappa shape index (κ3) is 2.84. The molecular weight excluding hydrogens is 346 g/mol. The SMILES string of the molecule is COc1ccc(C(=O)Nc2c(-c3cccs3)nc3c(C)cccn23)cc1. The number of fused-ring (bicyclic) bond motifs is 1. The highest BCUT2D eigenvalue weighted by Gasteiger charge is 2.18. The summed E-state index contributed by atoms with van der Waals surface area (Å²) in [5, 5.41) is 5.03. The fourth-order valence-corrected chi connectivity index (χ4v) is 3.55. The maximum atomic E-state index is 12.8. The third-order valence-electron chi connectivity index (χ3n) is 4.18. The molecule has 0 aliphatic heterocycles. The zero-order valence-electron chi connectivity index (χ0n) is 14.4. The first-order chi connectivity index (χ1) is 12.7. The molecule has 0 radical (unpaired) electrons. The zero-order valence-corrected chi connectivity index (χ0v) is 15.2. The summed E-state index contributed by atoms with van der Waals surface area (Å²) in [4.78, 5) is 18.6. The number of ether oxygens (including phenoxy) is 1. The summed E-state index contributed by atoms with van der Waals surface area (Å²) in [5.74, 6) is 1.20. The van der Waals surface area contributed by atoms with Gasteiger partial charge in [0.2, 0.25) is 0 Å². The zero-order chi connectivity index (χ0) is 18.1. The van der Waals surface area contributed by atoms with Gasteiger partial charge in [-0.15, -0.1) is 11.3 Å². The van der Waals surface area contributed by atoms with E-state index in [2.05, 4.69) is 5.32 Å². The number of hydrogen-bond donors (Lipinski definition) is 1. The predicted molar refractivity (Wildman–Crippen MR) is 104 cm³/mol. The molecule has 0 aliphatic carbocycles. The van der Waals surface area contributed by atoms with E-state index in [4.69, 9.17) is 9.72 Å². The van der Waals surface area contributed by atoms with Crippen molar-refractivity contribution >= 4 is 28.7 Å². The smallest absolute Gasteiger partial charge is 0.256 e. The van der Waals surface area contributed by atoms with Crippen LogP contribution in [0.25, 0.3) is 16.2 Å². The van der Waals surface area contributed by atoms with Crippen molar-refractivity contribution in [3.05, 3.63) is 71.2 Å². The topological polar surface area (TPSA) is 55.6 Å². The van der Waals surface area contributed by atoms with E-state index >= 15 is 0 Å². The maximum absolute atomic E-state index is 12.8. The van der Waals surface area contributed by atoms with E-state index < -0.39 is 0 Å². The van der Waals surface area contributed by atoms with E-state index in [1.807, 2.05) is 47.2 Å². The minimum absolute atomic E-state index is 0.186. The number of amides is 1. The van der Waals surface area contributed by atoms with Crippen molar-refractivity contribution in [2.24, 2.45) is 0 Å². The number of imidazole rings is 1. The maximum Gasteiger partial charge on any atom is 0.256 e.